The first-order valence-electron chi connectivity index (χ1n) is 8.13. The molecule has 1 fully saturated rings. The lowest BCUT2D eigenvalue weighted by Gasteiger charge is -2.36. The van der Waals surface area contributed by atoms with Crippen molar-refractivity contribution in [2.75, 3.05) is 26.2 Å². The number of rotatable bonds is 6. The van der Waals surface area contributed by atoms with E-state index in [1.54, 1.807) is 4.90 Å². The summed E-state index contributed by atoms with van der Waals surface area (Å²) in [6.45, 7) is 4.01. The van der Waals surface area contributed by atoms with Crippen molar-refractivity contribution in [3.05, 3.63) is 35.9 Å². The van der Waals surface area contributed by atoms with Gasteiger partial charge in [0.05, 0.1) is 13.0 Å². The average Bonchev–Trinajstić information content (AvgIpc) is 2.58. The van der Waals surface area contributed by atoms with Crippen LogP contribution in [0.3, 0.4) is 0 Å². The molecule has 0 saturated carbocycles. The molecule has 7 heteroatoms. The van der Waals surface area contributed by atoms with E-state index in [1.165, 1.54) is 0 Å². The summed E-state index contributed by atoms with van der Waals surface area (Å²) < 4.78 is 5.28. The van der Waals surface area contributed by atoms with Gasteiger partial charge in [-0.1, -0.05) is 30.3 Å². The van der Waals surface area contributed by atoms with Crippen LogP contribution in [0.5, 0.6) is 0 Å². The third-order valence-corrected chi connectivity index (χ3v) is 4.16. The van der Waals surface area contributed by atoms with Gasteiger partial charge < -0.3 is 20.3 Å². The molecular formula is C17H23N3O3S. The van der Waals surface area contributed by atoms with Crippen LogP contribution >= 0.6 is 12.2 Å². The fraction of sp³-hybridized carbons (Fsp3) is 0.471. The average molecular weight is 349 g/mol. The maximum absolute atomic E-state index is 12.1. The maximum Gasteiger partial charge on any atom is 0.308 e. The molecule has 1 amide bonds. The van der Waals surface area contributed by atoms with Crippen LogP contribution in [0.1, 0.15) is 18.9 Å². The Morgan fingerprint density at radius 3 is 2.88 bits per heavy atom. The molecule has 1 atom stereocenters. The zero-order valence-corrected chi connectivity index (χ0v) is 14.6. The Hall–Kier alpha value is -2.15. The van der Waals surface area contributed by atoms with E-state index in [0.29, 0.717) is 37.8 Å². The van der Waals surface area contributed by atoms with Crippen molar-refractivity contribution in [2.45, 2.75) is 25.8 Å². The number of piperazine rings is 1. The van der Waals surface area contributed by atoms with Crippen LogP contribution in [-0.2, 0) is 20.7 Å². The van der Waals surface area contributed by atoms with Gasteiger partial charge in [0.2, 0.25) is 5.91 Å². The minimum Gasteiger partial charge on any atom is -0.465 e. The van der Waals surface area contributed by atoms with Crippen LogP contribution in [0.4, 0.5) is 0 Å². The number of carbonyl (C=O) groups excluding carboxylic acids is 2. The van der Waals surface area contributed by atoms with Gasteiger partial charge in [0.25, 0.3) is 0 Å². The predicted octanol–water partition coefficient (Wildman–Crippen LogP) is 0.857. The zero-order chi connectivity index (χ0) is 17.4. The van der Waals surface area contributed by atoms with Gasteiger partial charge in [0.1, 0.15) is 6.04 Å². The van der Waals surface area contributed by atoms with Gasteiger partial charge in [-0.15, -0.1) is 0 Å². The maximum atomic E-state index is 12.1. The molecule has 0 aromatic heterocycles. The number of benzene rings is 1. The molecule has 0 radical (unpaired) electrons. The van der Waals surface area contributed by atoms with Crippen molar-refractivity contribution in [3.8, 4) is 0 Å². The van der Waals surface area contributed by atoms with Crippen molar-refractivity contribution >= 4 is 29.2 Å². The molecule has 130 valence electrons. The first kappa shape index (κ1) is 18.2. The number of thiocarbonyl (C=S) groups is 1. The van der Waals surface area contributed by atoms with E-state index in [4.69, 9.17) is 17.0 Å². The van der Waals surface area contributed by atoms with E-state index in [2.05, 4.69) is 10.6 Å². The van der Waals surface area contributed by atoms with Crippen LogP contribution < -0.4 is 10.6 Å². The normalized spacial score (nSPS) is 17.1. The van der Waals surface area contributed by atoms with Gasteiger partial charge >= 0.3 is 5.97 Å². The highest BCUT2D eigenvalue weighted by atomic mass is 32.1. The van der Waals surface area contributed by atoms with Crippen molar-refractivity contribution < 1.29 is 14.3 Å². The minimum absolute atomic E-state index is 0.00778. The number of ether oxygens (including phenoxy) is 1. The van der Waals surface area contributed by atoms with Crippen LogP contribution in [0.2, 0.25) is 0 Å². The number of hydrogen-bond acceptors (Lipinski definition) is 4. The highest BCUT2D eigenvalue weighted by molar-refractivity contribution is 7.80. The summed E-state index contributed by atoms with van der Waals surface area (Å²) in [5.74, 6) is -0.584. The molecule has 1 aromatic carbocycles. The van der Waals surface area contributed by atoms with Crippen molar-refractivity contribution in [1.29, 1.82) is 0 Å². The monoisotopic (exact) mass is 349 g/mol. The van der Waals surface area contributed by atoms with Crippen LogP contribution in [0, 0.1) is 0 Å². The summed E-state index contributed by atoms with van der Waals surface area (Å²) in [4.78, 5) is 25.9. The summed E-state index contributed by atoms with van der Waals surface area (Å²) >= 11 is 5.29. The second kappa shape index (κ2) is 9.22. The van der Waals surface area contributed by atoms with Gasteiger partial charge in [0.15, 0.2) is 5.11 Å². The Labute approximate surface area is 147 Å². The molecule has 1 unspecified atom stereocenters. The molecule has 0 aliphatic carbocycles. The molecule has 1 aromatic rings. The van der Waals surface area contributed by atoms with Crippen molar-refractivity contribution in [3.63, 3.8) is 0 Å². The number of nitrogens with zero attached hydrogens (tertiary/aromatic N) is 1. The smallest absolute Gasteiger partial charge is 0.308 e. The SMILES string of the molecule is CCNC(=S)N1CCNC(=O)C1CC(=O)OCCc1ccccc1. The Kier molecular flexibility index (Phi) is 6.99. The fourth-order valence-electron chi connectivity index (χ4n) is 2.56. The molecule has 2 N–H and O–H groups in total. The number of nitrogens with one attached hydrogen (secondary N) is 2. The summed E-state index contributed by atoms with van der Waals surface area (Å²) in [6, 6.07) is 9.19. The Morgan fingerprint density at radius 2 is 2.17 bits per heavy atom. The second-order valence-electron chi connectivity index (χ2n) is 5.50. The minimum atomic E-state index is -0.616. The Bertz CT molecular complexity index is 580. The highest BCUT2D eigenvalue weighted by Gasteiger charge is 2.33. The van der Waals surface area contributed by atoms with E-state index in [1.807, 2.05) is 37.3 Å². The lowest BCUT2D eigenvalue weighted by molar-refractivity contribution is -0.147. The van der Waals surface area contributed by atoms with Crippen molar-refractivity contribution in [1.82, 2.24) is 15.5 Å². The van der Waals surface area contributed by atoms with Gasteiger partial charge in [0, 0.05) is 26.1 Å². The summed E-state index contributed by atoms with van der Waals surface area (Å²) in [5.41, 5.74) is 1.11. The Morgan fingerprint density at radius 1 is 1.42 bits per heavy atom. The third-order valence-electron chi connectivity index (χ3n) is 3.78. The van der Waals surface area contributed by atoms with Gasteiger partial charge in [-0.05, 0) is 24.7 Å². The van der Waals surface area contributed by atoms with Crippen LogP contribution in [-0.4, -0.2) is 54.2 Å². The Balaban J connectivity index is 1.85. The molecule has 0 bridgehead atoms. The zero-order valence-electron chi connectivity index (χ0n) is 13.8. The van der Waals surface area contributed by atoms with Crippen LogP contribution in [0.15, 0.2) is 30.3 Å². The largest absolute Gasteiger partial charge is 0.465 e. The topological polar surface area (TPSA) is 70.7 Å². The number of hydrogen-bond donors (Lipinski definition) is 2. The molecule has 1 aliphatic heterocycles. The molecule has 0 spiro atoms. The molecule has 1 aliphatic rings. The van der Waals surface area contributed by atoms with Gasteiger partial charge in [-0.3, -0.25) is 9.59 Å². The van der Waals surface area contributed by atoms with E-state index < -0.39 is 12.0 Å². The molecule has 1 saturated heterocycles. The predicted molar refractivity (Wildman–Crippen MR) is 95.5 cm³/mol. The lowest BCUT2D eigenvalue weighted by Crippen LogP contribution is -2.59. The summed E-state index contributed by atoms with van der Waals surface area (Å²) in [6.07, 6.45) is 0.648. The molecule has 24 heavy (non-hydrogen) atoms. The number of carbonyl (C=O) groups is 2. The van der Waals surface area contributed by atoms with E-state index in [0.717, 1.165) is 5.56 Å². The van der Waals surface area contributed by atoms with E-state index >= 15 is 0 Å². The summed E-state index contributed by atoms with van der Waals surface area (Å²) in [7, 11) is 0. The highest BCUT2D eigenvalue weighted by Crippen LogP contribution is 2.11. The number of esters is 1. The summed E-state index contributed by atoms with van der Waals surface area (Å²) in [5, 5.41) is 6.29. The fourth-order valence-corrected chi connectivity index (χ4v) is 2.92. The van der Waals surface area contributed by atoms with E-state index in [-0.39, 0.29) is 12.3 Å². The molecule has 6 nitrogen and oxygen atoms in total. The molecular weight excluding hydrogens is 326 g/mol. The van der Waals surface area contributed by atoms with Crippen LogP contribution in [0.25, 0.3) is 0 Å². The standard InChI is InChI=1S/C17H23N3O3S/c1-2-18-17(24)20-10-9-19-16(22)14(20)12-15(21)23-11-8-13-6-4-3-5-7-13/h3-7,14H,2,8-12H2,1H3,(H,18,24)(H,19,22). The van der Waals surface area contributed by atoms with Crippen molar-refractivity contribution in [2.24, 2.45) is 0 Å². The van der Waals surface area contributed by atoms with Gasteiger partial charge in [-0.2, -0.15) is 0 Å². The van der Waals surface area contributed by atoms with E-state index in [9.17, 15) is 9.59 Å². The first-order valence-corrected chi connectivity index (χ1v) is 8.54. The first-order chi connectivity index (χ1) is 11.6. The van der Waals surface area contributed by atoms with Gasteiger partial charge in [-0.25, -0.2) is 0 Å². The lowest BCUT2D eigenvalue weighted by atomic mass is 10.1. The quantitative estimate of drug-likeness (QED) is 0.586. The second-order valence-corrected chi connectivity index (χ2v) is 5.88. The number of amides is 1. The molecule has 1 heterocycles. The molecule has 2 rings (SSSR count). The third kappa shape index (κ3) is 5.19.